The average Bonchev–Trinajstić information content (AvgIpc) is 3.05. The van der Waals surface area contributed by atoms with E-state index in [4.69, 9.17) is 0 Å². The van der Waals surface area contributed by atoms with E-state index in [1.54, 1.807) is 6.33 Å². The largest absolute Gasteiger partial charge is 0.348 e. The number of aryl methyl sites for hydroxylation is 2. The Morgan fingerprint density at radius 3 is 2.71 bits per heavy atom. The summed E-state index contributed by atoms with van der Waals surface area (Å²) in [6, 6.07) is 8.20. The van der Waals surface area contributed by atoms with Crippen molar-refractivity contribution < 1.29 is 4.79 Å². The van der Waals surface area contributed by atoms with E-state index >= 15 is 0 Å². The minimum atomic E-state index is 0. The lowest BCUT2D eigenvalue weighted by atomic mass is 9.91. The molecule has 3 heterocycles. The maximum Gasteiger partial charge on any atom is 0.234 e. The SMILES string of the molecule is Cc1[nH]cnc1C[C@H]1CCc2c(C)c3ccccc3n2C1=O.Cl.Cl. The summed E-state index contributed by atoms with van der Waals surface area (Å²) in [5, 5.41) is 1.20. The van der Waals surface area contributed by atoms with Gasteiger partial charge in [-0.1, -0.05) is 18.2 Å². The maximum atomic E-state index is 13.0. The number of hydrogen-bond acceptors (Lipinski definition) is 2. The first kappa shape index (κ1) is 18.6. The molecule has 0 fully saturated rings. The summed E-state index contributed by atoms with van der Waals surface area (Å²) in [6.07, 6.45) is 4.29. The molecule has 0 bridgehead atoms. The Bertz CT molecular complexity index is 882. The molecule has 4 rings (SSSR count). The number of hydrogen-bond donors (Lipinski definition) is 1. The summed E-state index contributed by atoms with van der Waals surface area (Å²) in [7, 11) is 0. The molecule has 0 radical (unpaired) electrons. The molecular formula is C18H21Cl2N3O. The summed E-state index contributed by atoms with van der Waals surface area (Å²) in [4.78, 5) is 20.5. The normalized spacial score (nSPS) is 16.4. The van der Waals surface area contributed by atoms with Gasteiger partial charge in [0.1, 0.15) is 0 Å². The molecule has 0 saturated heterocycles. The fraction of sp³-hybridized carbons (Fsp3) is 0.333. The zero-order valence-electron chi connectivity index (χ0n) is 13.7. The van der Waals surface area contributed by atoms with Gasteiger partial charge in [-0.15, -0.1) is 24.8 Å². The van der Waals surface area contributed by atoms with Gasteiger partial charge >= 0.3 is 0 Å². The molecule has 1 N–H and O–H groups in total. The smallest absolute Gasteiger partial charge is 0.234 e. The number of carbonyl (C=O) groups excluding carboxylic acids is 1. The van der Waals surface area contributed by atoms with Crippen molar-refractivity contribution in [2.24, 2.45) is 5.92 Å². The van der Waals surface area contributed by atoms with Crippen LogP contribution in [0.15, 0.2) is 30.6 Å². The molecule has 2 aromatic heterocycles. The Labute approximate surface area is 153 Å². The third-order valence-corrected chi connectivity index (χ3v) is 4.93. The van der Waals surface area contributed by atoms with Crippen molar-refractivity contribution in [2.45, 2.75) is 33.1 Å². The monoisotopic (exact) mass is 365 g/mol. The van der Waals surface area contributed by atoms with E-state index in [0.717, 1.165) is 36.2 Å². The molecule has 128 valence electrons. The molecule has 1 aliphatic rings. The van der Waals surface area contributed by atoms with Crippen LogP contribution in [0.4, 0.5) is 0 Å². The van der Waals surface area contributed by atoms with Gasteiger partial charge in [-0.2, -0.15) is 0 Å². The molecule has 0 unspecified atom stereocenters. The lowest BCUT2D eigenvalue weighted by Crippen LogP contribution is -2.30. The van der Waals surface area contributed by atoms with Crippen molar-refractivity contribution in [3.8, 4) is 0 Å². The van der Waals surface area contributed by atoms with E-state index in [0.29, 0.717) is 0 Å². The second kappa shape index (κ2) is 6.99. The fourth-order valence-electron chi connectivity index (χ4n) is 3.64. The zero-order valence-corrected chi connectivity index (χ0v) is 15.3. The third kappa shape index (κ3) is 2.74. The topological polar surface area (TPSA) is 50.7 Å². The van der Waals surface area contributed by atoms with Gasteiger partial charge in [0.05, 0.1) is 17.5 Å². The molecule has 6 heteroatoms. The van der Waals surface area contributed by atoms with Crippen LogP contribution in [0.5, 0.6) is 0 Å². The molecule has 24 heavy (non-hydrogen) atoms. The van der Waals surface area contributed by atoms with Crippen LogP contribution in [0.3, 0.4) is 0 Å². The van der Waals surface area contributed by atoms with E-state index < -0.39 is 0 Å². The van der Waals surface area contributed by atoms with Gasteiger partial charge in [0.2, 0.25) is 5.91 Å². The van der Waals surface area contributed by atoms with E-state index in [9.17, 15) is 4.79 Å². The Morgan fingerprint density at radius 2 is 2.00 bits per heavy atom. The van der Waals surface area contributed by atoms with Crippen LogP contribution in [0.25, 0.3) is 10.9 Å². The van der Waals surface area contributed by atoms with Crippen molar-refractivity contribution in [2.75, 3.05) is 0 Å². The number of H-pyrrole nitrogens is 1. The van der Waals surface area contributed by atoms with Gasteiger partial charge in [0.25, 0.3) is 0 Å². The molecule has 4 nitrogen and oxygen atoms in total. The first-order chi connectivity index (χ1) is 10.7. The van der Waals surface area contributed by atoms with E-state index in [1.165, 1.54) is 16.6 Å². The predicted octanol–water partition coefficient (Wildman–Crippen LogP) is 4.27. The number of benzene rings is 1. The number of nitrogens with zero attached hydrogens (tertiary/aromatic N) is 2. The van der Waals surface area contributed by atoms with Crippen molar-refractivity contribution in [1.29, 1.82) is 0 Å². The van der Waals surface area contributed by atoms with Gasteiger partial charge in [0.15, 0.2) is 0 Å². The number of imidazole rings is 1. The number of fused-ring (bicyclic) bond motifs is 3. The summed E-state index contributed by atoms with van der Waals surface area (Å²) in [6.45, 7) is 4.13. The van der Waals surface area contributed by atoms with Crippen molar-refractivity contribution in [3.05, 3.63) is 53.2 Å². The van der Waals surface area contributed by atoms with Gasteiger partial charge in [-0.3, -0.25) is 9.36 Å². The van der Waals surface area contributed by atoms with E-state index in [2.05, 4.69) is 23.0 Å². The third-order valence-electron chi connectivity index (χ3n) is 4.93. The zero-order chi connectivity index (χ0) is 15.3. The summed E-state index contributed by atoms with van der Waals surface area (Å²) in [5.74, 6) is 0.234. The highest BCUT2D eigenvalue weighted by molar-refractivity contribution is 5.97. The summed E-state index contributed by atoms with van der Waals surface area (Å²) in [5.41, 5.74) is 5.55. The number of rotatable bonds is 2. The number of aromatic amines is 1. The van der Waals surface area contributed by atoms with Gasteiger partial charge in [-0.05, 0) is 38.3 Å². The van der Waals surface area contributed by atoms with Crippen LogP contribution in [-0.2, 0) is 12.8 Å². The minimum absolute atomic E-state index is 0. The van der Waals surface area contributed by atoms with Crippen LogP contribution in [-0.4, -0.2) is 20.4 Å². The van der Waals surface area contributed by atoms with Gasteiger partial charge < -0.3 is 4.98 Å². The Hall–Kier alpha value is -1.78. The average molecular weight is 366 g/mol. The highest BCUT2D eigenvalue weighted by atomic mass is 35.5. The van der Waals surface area contributed by atoms with Crippen LogP contribution >= 0.6 is 24.8 Å². The Balaban J connectivity index is 0.00000104. The van der Waals surface area contributed by atoms with Crippen molar-refractivity contribution >= 4 is 41.6 Å². The lowest BCUT2D eigenvalue weighted by Gasteiger charge is -2.23. The number of para-hydroxylation sites is 1. The minimum Gasteiger partial charge on any atom is -0.348 e. The Kier molecular flexibility index (Phi) is 5.41. The number of carbonyl (C=O) groups is 1. The molecule has 0 spiro atoms. The molecular weight excluding hydrogens is 345 g/mol. The highest BCUT2D eigenvalue weighted by Gasteiger charge is 2.31. The molecule has 0 aliphatic carbocycles. The van der Waals surface area contributed by atoms with E-state index in [1.807, 2.05) is 29.7 Å². The maximum absolute atomic E-state index is 13.0. The van der Waals surface area contributed by atoms with Gasteiger partial charge in [0, 0.05) is 29.1 Å². The molecule has 1 aromatic carbocycles. The molecule has 3 aromatic rings. The fourth-order valence-corrected chi connectivity index (χ4v) is 3.64. The molecule has 0 amide bonds. The predicted molar refractivity (Wildman–Crippen MR) is 101 cm³/mol. The van der Waals surface area contributed by atoms with Crippen LogP contribution in [0, 0.1) is 19.8 Å². The molecule has 1 aliphatic heterocycles. The van der Waals surface area contributed by atoms with Crippen molar-refractivity contribution in [1.82, 2.24) is 14.5 Å². The number of halogens is 2. The second-order valence-electron chi connectivity index (χ2n) is 6.18. The van der Waals surface area contributed by atoms with Gasteiger partial charge in [-0.25, -0.2) is 4.98 Å². The number of aromatic nitrogens is 3. The van der Waals surface area contributed by atoms with Crippen molar-refractivity contribution in [3.63, 3.8) is 0 Å². The molecule has 1 atom stereocenters. The van der Waals surface area contributed by atoms with Crippen LogP contribution in [0.2, 0.25) is 0 Å². The lowest BCUT2D eigenvalue weighted by molar-refractivity contribution is 0.0808. The first-order valence-electron chi connectivity index (χ1n) is 7.79. The first-order valence-corrected chi connectivity index (χ1v) is 7.79. The second-order valence-corrected chi connectivity index (χ2v) is 6.18. The van der Waals surface area contributed by atoms with E-state index in [-0.39, 0.29) is 36.6 Å². The molecule has 0 saturated carbocycles. The quantitative estimate of drug-likeness (QED) is 0.736. The summed E-state index contributed by atoms with van der Waals surface area (Å²) >= 11 is 0. The standard InChI is InChI=1S/C18H19N3O.2ClH/c1-11-14-5-3-4-6-17(14)21-16(11)8-7-13(18(21)22)9-15-12(2)19-10-20-15;;/h3-6,10,13H,7-9H2,1-2H3,(H,19,20);2*1H/t13-;;/m1../s1. The number of nitrogens with one attached hydrogen (secondary N) is 1. The van der Waals surface area contributed by atoms with Crippen LogP contribution < -0.4 is 0 Å². The summed E-state index contributed by atoms with van der Waals surface area (Å²) < 4.78 is 1.95. The highest BCUT2D eigenvalue weighted by Crippen LogP contribution is 2.33. The Morgan fingerprint density at radius 1 is 1.25 bits per heavy atom. The van der Waals surface area contributed by atoms with Crippen LogP contribution in [0.1, 0.15) is 33.9 Å².